The fourth-order valence-corrected chi connectivity index (χ4v) is 1.85. The van der Waals surface area contributed by atoms with Crippen molar-refractivity contribution >= 4 is 28.4 Å². The molecule has 4 N–H and O–H groups in total. The van der Waals surface area contributed by atoms with Crippen LogP contribution in [-0.2, 0) is 0 Å². The predicted molar refractivity (Wildman–Crippen MR) is 70.1 cm³/mol. The quantitative estimate of drug-likeness (QED) is 0.497. The zero-order chi connectivity index (χ0) is 14.3. The second kappa shape index (κ2) is 4.44. The van der Waals surface area contributed by atoms with Gasteiger partial charge in [0.2, 0.25) is 5.95 Å². The number of hydrogen-bond acceptors (Lipinski definition) is 3. The molecule has 102 valence electrons. The topological polar surface area (TPSA) is 66.7 Å². The molecule has 7 heteroatoms. The van der Waals surface area contributed by atoms with Gasteiger partial charge in [-0.05, 0) is 18.2 Å². The van der Waals surface area contributed by atoms with E-state index in [1.807, 2.05) is 0 Å². The summed E-state index contributed by atoms with van der Waals surface area (Å²) in [7, 11) is 0. The maximum Gasteiger partial charge on any atom is 0.205 e. The number of hydrogen-bond donors (Lipinski definition) is 3. The van der Waals surface area contributed by atoms with Crippen molar-refractivity contribution in [2.45, 2.75) is 0 Å². The van der Waals surface area contributed by atoms with Crippen LogP contribution in [0.1, 0.15) is 0 Å². The third-order valence-corrected chi connectivity index (χ3v) is 2.75. The molecule has 0 saturated carbocycles. The molecule has 0 aliphatic rings. The van der Waals surface area contributed by atoms with E-state index >= 15 is 0 Å². The van der Waals surface area contributed by atoms with Gasteiger partial charge in [-0.15, -0.1) is 0 Å². The smallest absolute Gasteiger partial charge is 0.205 e. The molecule has 0 aliphatic carbocycles. The normalized spacial score (nSPS) is 10.9. The lowest BCUT2D eigenvalue weighted by Gasteiger charge is -2.03. The van der Waals surface area contributed by atoms with Gasteiger partial charge in [-0.2, -0.15) is 0 Å². The van der Waals surface area contributed by atoms with E-state index in [1.165, 1.54) is 0 Å². The maximum atomic E-state index is 13.1. The number of fused-ring (bicyclic) bond motifs is 1. The Morgan fingerprint density at radius 2 is 1.75 bits per heavy atom. The Morgan fingerprint density at radius 3 is 2.45 bits per heavy atom. The molecule has 3 rings (SSSR count). The molecule has 0 saturated heterocycles. The van der Waals surface area contributed by atoms with Crippen molar-refractivity contribution < 1.29 is 13.2 Å². The molecule has 0 spiro atoms. The van der Waals surface area contributed by atoms with E-state index < -0.39 is 17.5 Å². The number of aromatic nitrogens is 2. The van der Waals surface area contributed by atoms with Gasteiger partial charge in [0.15, 0.2) is 17.5 Å². The summed E-state index contributed by atoms with van der Waals surface area (Å²) in [6.45, 7) is 0. The summed E-state index contributed by atoms with van der Waals surface area (Å²) >= 11 is 0. The maximum absolute atomic E-state index is 13.1. The van der Waals surface area contributed by atoms with Crippen LogP contribution in [0.25, 0.3) is 11.0 Å². The van der Waals surface area contributed by atoms with Gasteiger partial charge < -0.3 is 16.0 Å². The number of rotatable bonds is 2. The number of nitrogen functional groups attached to an aromatic ring is 1. The SMILES string of the molecule is Nc1ccc2nc(Nc3cc(F)c(F)c(F)c3)[nH]c2c1. The largest absolute Gasteiger partial charge is 0.399 e. The molecule has 0 aliphatic heterocycles. The van der Waals surface area contributed by atoms with Crippen LogP contribution in [0, 0.1) is 17.5 Å². The molecule has 1 aromatic heterocycles. The van der Waals surface area contributed by atoms with Crippen LogP contribution >= 0.6 is 0 Å². The number of anilines is 3. The lowest BCUT2D eigenvalue weighted by Crippen LogP contribution is -1.97. The highest BCUT2D eigenvalue weighted by molar-refractivity contribution is 5.81. The van der Waals surface area contributed by atoms with E-state index in [0.29, 0.717) is 16.7 Å². The molecule has 2 aromatic carbocycles. The molecule has 0 radical (unpaired) electrons. The number of nitrogens with two attached hydrogens (primary N) is 1. The van der Waals surface area contributed by atoms with Crippen molar-refractivity contribution in [3.63, 3.8) is 0 Å². The number of nitrogens with one attached hydrogen (secondary N) is 2. The fraction of sp³-hybridized carbons (Fsp3) is 0. The van der Waals surface area contributed by atoms with Crippen LogP contribution in [-0.4, -0.2) is 9.97 Å². The molecule has 20 heavy (non-hydrogen) atoms. The van der Waals surface area contributed by atoms with E-state index in [1.54, 1.807) is 18.2 Å². The summed E-state index contributed by atoms with van der Waals surface area (Å²) in [4.78, 5) is 7.07. The van der Waals surface area contributed by atoms with Crippen molar-refractivity contribution in [1.29, 1.82) is 0 Å². The van der Waals surface area contributed by atoms with Crippen molar-refractivity contribution in [2.24, 2.45) is 0 Å². The van der Waals surface area contributed by atoms with Crippen molar-refractivity contribution in [2.75, 3.05) is 11.1 Å². The molecule has 3 aromatic rings. The Morgan fingerprint density at radius 1 is 1.05 bits per heavy atom. The average molecular weight is 278 g/mol. The van der Waals surface area contributed by atoms with E-state index in [0.717, 1.165) is 12.1 Å². The van der Waals surface area contributed by atoms with Crippen molar-refractivity contribution in [3.05, 3.63) is 47.8 Å². The van der Waals surface area contributed by atoms with Crippen LogP contribution in [0.5, 0.6) is 0 Å². The van der Waals surface area contributed by atoms with Crippen LogP contribution in [0.15, 0.2) is 30.3 Å². The average Bonchev–Trinajstić information content (AvgIpc) is 2.77. The third kappa shape index (κ3) is 2.13. The van der Waals surface area contributed by atoms with Crippen LogP contribution in [0.3, 0.4) is 0 Å². The number of nitrogens with zero attached hydrogens (tertiary/aromatic N) is 1. The molecule has 0 amide bonds. The van der Waals surface area contributed by atoms with Gasteiger partial charge in [-0.3, -0.25) is 0 Å². The van der Waals surface area contributed by atoms with E-state index in [9.17, 15) is 13.2 Å². The zero-order valence-electron chi connectivity index (χ0n) is 10.0. The van der Waals surface area contributed by atoms with Crippen molar-refractivity contribution in [1.82, 2.24) is 9.97 Å². The number of H-pyrrole nitrogens is 1. The summed E-state index contributed by atoms with van der Waals surface area (Å²) in [6, 6.07) is 6.77. The minimum absolute atomic E-state index is 0.0495. The highest BCUT2D eigenvalue weighted by Gasteiger charge is 2.11. The molecule has 4 nitrogen and oxygen atoms in total. The van der Waals surface area contributed by atoms with E-state index in [2.05, 4.69) is 15.3 Å². The number of imidazole rings is 1. The predicted octanol–water partition coefficient (Wildman–Crippen LogP) is 3.31. The van der Waals surface area contributed by atoms with Gasteiger partial charge >= 0.3 is 0 Å². The lowest BCUT2D eigenvalue weighted by atomic mass is 10.3. The number of aromatic amines is 1. The number of benzene rings is 2. The van der Waals surface area contributed by atoms with Gasteiger partial charge in [0.25, 0.3) is 0 Å². The summed E-state index contributed by atoms with van der Waals surface area (Å²) < 4.78 is 39.0. The van der Waals surface area contributed by atoms with Gasteiger partial charge in [-0.25, -0.2) is 18.2 Å². The van der Waals surface area contributed by atoms with Crippen LogP contribution in [0.4, 0.5) is 30.5 Å². The van der Waals surface area contributed by atoms with Gasteiger partial charge in [-0.1, -0.05) is 0 Å². The first-order valence-corrected chi connectivity index (χ1v) is 5.70. The zero-order valence-corrected chi connectivity index (χ0v) is 10.0. The summed E-state index contributed by atoms with van der Waals surface area (Å²) in [5, 5.41) is 2.67. The molecule has 0 atom stereocenters. The second-order valence-corrected chi connectivity index (χ2v) is 4.24. The van der Waals surface area contributed by atoms with Crippen molar-refractivity contribution in [3.8, 4) is 0 Å². The Balaban J connectivity index is 1.96. The number of halogens is 3. The molecule has 1 heterocycles. The Labute approximate surface area is 111 Å². The van der Waals surface area contributed by atoms with Crippen LogP contribution < -0.4 is 11.1 Å². The fourth-order valence-electron chi connectivity index (χ4n) is 1.85. The first-order chi connectivity index (χ1) is 9.52. The van der Waals surface area contributed by atoms with Gasteiger partial charge in [0, 0.05) is 23.5 Å². The third-order valence-electron chi connectivity index (χ3n) is 2.75. The van der Waals surface area contributed by atoms with E-state index in [4.69, 9.17) is 5.73 Å². The van der Waals surface area contributed by atoms with Gasteiger partial charge in [0.05, 0.1) is 11.0 Å². The highest BCUT2D eigenvalue weighted by atomic mass is 19.2. The lowest BCUT2D eigenvalue weighted by molar-refractivity contribution is 0.448. The summed E-state index contributed by atoms with van der Waals surface area (Å²) in [5.41, 5.74) is 7.56. The minimum Gasteiger partial charge on any atom is -0.399 e. The Hall–Kier alpha value is -2.70. The highest BCUT2D eigenvalue weighted by Crippen LogP contribution is 2.22. The van der Waals surface area contributed by atoms with Crippen LogP contribution in [0.2, 0.25) is 0 Å². The second-order valence-electron chi connectivity index (χ2n) is 4.24. The standard InChI is InChI=1S/C13H9F3N4/c14-8-4-7(5-9(15)12(8)16)18-13-19-10-2-1-6(17)3-11(10)20-13/h1-5H,17H2,(H2,18,19,20). The monoisotopic (exact) mass is 278 g/mol. The van der Waals surface area contributed by atoms with E-state index in [-0.39, 0.29) is 11.6 Å². The first-order valence-electron chi connectivity index (χ1n) is 5.70. The molecular formula is C13H9F3N4. The summed E-state index contributed by atoms with van der Waals surface area (Å²) in [6.07, 6.45) is 0. The minimum atomic E-state index is -1.51. The molecule has 0 bridgehead atoms. The first kappa shape index (κ1) is 12.3. The Bertz CT molecular complexity index is 774. The molecular weight excluding hydrogens is 269 g/mol. The Kier molecular flexibility index (Phi) is 2.74. The van der Waals surface area contributed by atoms with Gasteiger partial charge in [0.1, 0.15) is 0 Å². The molecule has 0 unspecified atom stereocenters. The summed E-state index contributed by atoms with van der Waals surface area (Å²) in [5.74, 6) is -3.77. The molecule has 0 fully saturated rings.